The summed E-state index contributed by atoms with van der Waals surface area (Å²) in [7, 11) is -3.61. The molecule has 0 unspecified atom stereocenters. The van der Waals surface area contributed by atoms with E-state index in [1.54, 1.807) is 25.1 Å². The first-order valence-electron chi connectivity index (χ1n) is 5.55. The summed E-state index contributed by atoms with van der Waals surface area (Å²) < 4.78 is 31.1. The minimum atomic E-state index is -3.61. The number of anilines is 2. The minimum absolute atomic E-state index is 0.185. The number of hydrogen-bond acceptors (Lipinski definition) is 5. The molecule has 3 N–H and O–H groups in total. The molecule has 0 amide bonds. The van der Waals surface area contributed by atoms with E-state index in [4.69, 9.17) is 5.73 Å². The Morgan fingerprint density at radius 2 is 2.16 bits per heavy atom. The first kappa shape index (κ1) is 15.8. The molecule has 0 aliphatic rings. The van der Waals surface area contributed by atoms with Crippen LogP contribution in [0.15, 0.2) is 22.7 Å². The number of nitrogen functional groups attached to an aromatic ring is 1. The Kier molecular flexibility index (Phi) is 5.61. The van der Waals surface area contributed by atoms with Crippen molar-refractivity contribution in [2.75, 3.05) is 22.8 Å². The van der Waals surface area contributed by atoms with Crippen LogP contribution >= 0.6 is 15.9 Å². The number of sulfonamides is 1. The van der Waals surface area contributed by atoms with Gasteiger partial charge in [0.1, 0.15) is 0 Å². The van der Waals surface area contributed by atoms with Gasteiger partial charge in [0.2, 0.25) is 10.0 Å². The summed E-state index contributed by atoms with van der Waals surface area (Å²) >= 11 is 3.21. The van der Waals surface area contributed by atoms with Crippen molar-refractivity contribution < 1.29 is 17.9 Å². The molecule has 0 aromatic heterocycles. The van der Waals surface area contributed by atoms with E-state index in [2.05, 4.69) is 25.4 Å². The van der Waals surface area contributed by atoms with Crippen LogP contribution in [0, 0.1) is 0 Å². The van der Waals surface area contributed by atoms with E-state index >= 15 is 0 Å². The zero-order valence-electron chi connectivity index (χ0n) is 10.3. The normalized spacial score (nSPS) is 11.1. The lowest BCUT2D eigenvalue weighted by Gasteiger charge is -2.10. The molecular weight excluding hydrogens is 336 g/mol. The van der Waals surface area contributed by atoms with Gasteiger partial charge in [0.05, 0.1) is 24.5 Å². The summed E-state index contributed by atoms with van der Waals surface area (Å²) in [6.07, 6.45) is -0.185. The maximum atomic E-state index is 11.8. The van der Waals surface area contributed by atoms with E-state index in [0.29, 0.717) is 15.8 Å². The van der Waals surface area contributed by atoms with Crippen LogP contribution in [0.3, 0.4) is 0 Å². The van der Waals surface area contributed by atoms with E-state index in [9.17, 15) is 13.2 Å². The average Bonchev–Trinajstić information content (AvgIpc) is 2.31. The standard InChI is InChI=1S/C11H15BrN2O4S/c1-2-18-11(15)5-6-19(16,17)14-10-4-3-8(13)7-9(10)12/h3-4,7,14H,2,5-6,13H2,1H3. The van der Waals surface area contributed by atoms with Crippen molar-refractivity contribution in [3.05, 3.63) is 22.7 Å². The fraction of sp³-hybridized carbons (Fsp3) is 0.364. The highest BCUT2D eigenvalue weighted by Crippen LogP contribution is 2.25. The summed E-state index contributed by atoms with van der Waals surface area (Å²) in [5.41, 5.74) is 6.44. The minimum Gasteiger partial charge on any atom is -0.466 e. The summed E-state index contributed by atoms with van der Waals surface area (Å²) in [6.45, 7) is 1.89. The zero-order chi connectivity index (χ0) is 14.5. The maximum Gasteiger partial charge on any atom is 0.306 e. The number of carbonyl (C=O) groups excluding carboxylic acids is 1. The van der Waals surface area contributed by atoms with Crippen molar-refractivity contribution >= 4 is 43.3 Å². The van der Waals surface area contributed by atoms with Gasteiger partial charge in [-0.2, -0.15) is 0 Å². The number of halogens is 1. The SMILES string of the molecule is CCOC(=O)CCS(=O)(=O)Nc1ccc(N)cc1Br. The Labute approximate surface area is 120 Å². The molecule has 0 spiro atoms. The molecule has 0 saturated carbocycles. The summed E-state index contributed by atoms with van der Waals surface area (Å²) in [6, 6.07) is 4.71. The number of benzene rings is 1. The topological polar surface area (TPSA) is 98.5 Å². The van der Waals surface area contributed by atoms with Crippen LogP contribution in [0.25, 0.3) is 0 Å². The van der Waals surface area contributed by atoms with Crippen molar-refractivity contribution in [2.24, 2.45) is 0 Å². The number of nitrogens with two attached hydrogens (primary N) is 1. The second-order valence-corrected chi connectivity index (χ2v) is 6.41. The Bertz CT molecular complexity index is 560. The molecule has 0 radical (unpaired) electrons. The Hall–Kier alpha value is -1.28. The molecule has 106 valence electrons. The smallest absolute Gasteiger partial charge is 0.306 e. The van der Waals surface area contributed by atoms with Crippen LogP contribution in [-0.4, -0.2) is 26.7 Å². The van der Waals surface area contributed by atoms with E-state index in [0.717, 1.165) is 0 Å². The highest BCUT2D eigenvalue weighted by atomic mass is 79.9. The van der Waals surface area contributed by atoms with Gasteiger partial charge in [-0.1, -0.05) is 0 Å². The Morgan fingerprint density at radius 1 is 1.47 bits per heavy atom. The van der Waals surface area contributed by atoms with Gasteiger partial charge in [0.25, 0.3) is 0 Å². The van der Waals surface area contributed by atoms with Crippen LogP contribution in [-0.2, 0) is 19.6 Å². The van der Waals surface area contributed by atoms with Gasteiger partial charge in [0.15, 0.2) is 0 Å². The predicted molar refractivity (Wildman–Crippen MR) is 77.2 cm³/mol. The van der Waals surface area contributed by atoms with E-state index in [1.807, 2.05) is 0 Å². The lowest BCUT2D eigenvalue weighted by atomic mass is 10.3. The Balaban J connectivity index is 2.66. The molecule has 1 aromatic carbocycles. The molecule has 0 atom stereocenters. The van der Waals surface area contributed by atoms with Gasteiger partial charge in [-0.3, -0.25) is 9.52 Å². The van der Waals surface area contributed by atoms with Gasteiger partial charge >= 0.3 is 5.97 Å². The van der Waals surface area contributed by atoms with Gasteiger partial charge in [-0.05, 0) is 41.1 Å². The number of nitrogens with one attached hydrogen (secondary N) is 1. The van der Waals surface area contributed by atoms with Crippen LogP contribution in [0.5, 0.6) is 0 Å². The summed E-state index contributed by atoms with van der Waals surface area (Å²) in [5.74, 6) is -0.868. The van der Waals surface area contributed by atoms with Crippen LogP contribution in [0.1, 0.15) is 13.3 Å². The third-order valence-corrected chi connectivity index (χ3v) is 4.07. The lowest BCUT2D eigenvalue weighted by Crippen LogP contribution is -2.20. The molecule has 0 heterocycles. The highest BCUT2D eigenvalue weighted by molar-refractivity contribution is 9.10. The highest BCUT2D eigenvalue weighted by Gasteiger charge is 2.15. The number of carbonyl (C=O) groups is 1. The number of ether oxygens (including phenoxy) is 1. The van der Waals surface area contributed by atoms with E-state index in [1.165, 1.54) is 0 Å². The van der Waals surface area contributed by atoms with E-state index < -0.39 is 16.0 Å². The first-order valence-corrected chi connectivity index (χ1v) is 7.99. The van der Waals surface area contributed by atoms with Crippen molar-refractivity contribution in [3.8, 4) is 0 Å². The maximum absolute atomic E-state index is 11.8. The molecule has 6 nitrogen and oxygen atoms in total. The Morgan fingerprint density at radius 3 is 2.74 bits per heavy atom. The molecule has 19 heavy (non-hydrogen) atoms. The fourth-order valence-corrected chi connectivity index (χ4v) is 2.96. The van der Waals surface area contributed by atoms with Crippen molar-refractivity contribution in [1.29, 1.82) is 0 Å². The van der Waals surface area contributed by atoms with Gasteiger partial charge in [0, 0.05) is 10.2 Å². The predicted octanol–water partition coefficient (Wildman–Crippen LogP) is 1.73. The second kappa shape index (κ2) is 6.76. The van der Waals surface area contributed by atoms with Gasteiger partial charge in [-0.15, -0.1) is 0 Å². The van der Waals surface area contributed by atoms with Crippen molar-refractivity contribution in [2.45, 2.75) is 13.3 Å². The monoisotopic (exact) mass is 350 g/mol. The molecule has 0 bridgehead atoms. The molecular formula is C11H15BrN2O4S. The molecule has 0 saturated heterocycles. The van der Waals surface area contributed by atoms with Crippen LogP contribution < -0.4 is 10.5 Å². The average molecular weight is 351 g/mol. The van der Waals surface area contributed by atoms with Crippen molar-refractivity contribution in [1.82, 2.24) is 0 Å². The third kappa shape index (κ3) is 5.48. The van der Waals surface area contributed by atoms with Gasteiger partial charge < -0.3 is 10.5 Å². The molecule has 1 rings (SSSR count). The van der Waals surface area contributed by atoms with Gasteiger partial charge in [-0.25, -0.2) is 8.42 Å². The molecule has 1 aromatic rings. The van der Waals surface area contributed by atoms with Crippen LogP contribution in [0.2, 0.25) is 0 Å². The molecule has 0 aliphatic heterocycles. The molecule has 0 aliphatic carbocycles. The van der Waals surface area contributed by atoms with Crippen molar-refractivity contribution in [3.63, 3.8) is 0 Å². The summed E-state index contributed by atoms with van der Waals surface area (Å²) in [5, 5.41) is 0. The zero-order valence-corrected chi connectivity index (χ0v) is 12.8. The summed E-state index contributed by atoms with van der Waals surface area (Å²) in [4.78, 5) is 11.1. The number of hydrogen-bond donors (Lipinski definition) is 2. The second-order valence-electron chi connectivity index (χ2n) is 3.72. The fourth-order valence-electron chi connectivity index (χ4n) is 1.28. The molecule has 0 fully saturated rings. The molecule has 8 heteroatoms. The van der Waals surface area contributed by atoms with E-state index in [-0.39, 0.29) is 18.8 Å². The number of rotatable bonds is 6. The first-order chi connectivity index (χ1) is 8.84. The van der Waals surface area contributed by atoms with Crippen LogP contribution in [0.4, 0.5) is 11.4 Å². The quantitative estimate of drug-likeness (QED) is 0.601. The largest absolute Gasteiger partial charge is 0.466 e. The lowest BCUT2D eigenvalue weighted by molar-refractivity contribution is -0.142. The third-order valence-electron chi connectivity index (χ3n) is 2.14. The number of esters is 1.